The summed E-state index contributed by atoms with van der Waals surface area (Å²) in [5.41, 5.74) is 0.921. The molecule has 0 saturated carbocycles. The smallest absolute Gasteiger partial charge is 0.252 e. The molecule has 2 N–H and O–H groups in total. The molecule has 2 amide bonds. The quantitative estimate of drug-likeness (QED) is 0.781. The zero-order valence-corrected chi connectivity index (χ0v) is 12.3. The summed E-state index contributed by atoms with van der Waals surface area (Å²) in [6.45, 7) is 4.71. The second kappa shape index (κ2) is 8.77. The minimum Gasteiger partial charge on any atom is -0.384 e. The predicted octanol–water partition coefficient (Wildman–Crippen LogP) is 0.629. The van der Waals surface area contributed by atoms with Gasteiger partial charge >= 0.3 is 0 Å². The third-order valence-corrected chi connectivity index (χ3v) is 2.99. The van der Waals surface area contributed by atoms with Gasteiger partial charge in [-0.3, -0.25) is 9.59 Å². The van der Waals surface area contributed by atoms with Gasteiger partial charge in [0.15, 0.2) is 0 Å². The maximum atomic E-state index is 12.1. The molecule has 0 aliphatic heterocycles. The molecule has 0 heterocycles. The third-order valence-electron chi connectivity index (χ3n) is 2.99. The molecule has 0 aliphatic carbocycles. The van der Waals surface area contributed by atoms with E-state index >= 15 is 0 Å². The number of likely N-dealkylation sites (N-methyl/N-ethyl adjacent to an activating group) is 1. The molecule has 0 unspecified atom stereocenters. The number of hydrogen-bond donors (Lipinski definition) is 2. The van der Waals surface area contributed by atoms with E-state index in [1.165, 1.54) is 0 Å². The van der Waals surface area contributed by atoms with Crippen LogP contribution < -0.4 is 5.32 Å². The molecule has 0 atom stereocenters. The normalized spacial score (nSPS) is 9.48. The topological polar surface area (TPSA) is 69.6 Å². The van der Waals surface area contributed by atoms with Crippen LogP contribution in [0.3, 0.4) is 0 Å². The molecule has 5 heteroatoms. The van der Waals surface area contributed by atoms with Gasteiger partial charge in [0.05, 0.1) is 12.1 Å². The number of benzene rings is 1. The molecule has 0 fully saturated rings. The third kappa shape index (κ3) is 4.93. The van der Waals surface area contributed by atoms with Crippen molar-refractivity contribution < 1.29 is 14.7 Å². The zero-order valence-electron chi connectivity index (χ0n) is 12.3. The Hall–Kier alpha value is -2.32. The molecule has 1 rings (SSSR count). The lowest BCUT2D eigenvalue weighted by Gasteiger charge is -2.18. The van der Waals surface area contributed by atoms with Crippen molar-refractivity contribution in [2.45, 2.75) is 13.8 Å². The number of carbonyl (C=O) groups is 2. The minimum absolute atomic E-state index is 0.0394. The van der Waals surface area contributed by atoms with Gasteiger partial charge in [0, 0.05) is 18.7 Å². The van der Waals surface area contributed by atoms with Crippen LogP contribution in [0.15, 0.2) is 24.3 Å². The molecule has 112 valence electrons. The highest BCUT2D eigenvalue weighted by molar-refractivity contribution is 5.98. The van der Waals surface area contributed by atoms with Crippen LogP contribution in [-0.4, -0.2) is 48.1 Å². The van der Waals surface area contributed by atoms with Crippen molar-refractivity contribution in [1.82, 2.24) is 10.2 Å². The van der Waals surface area contributed by atoms with E-state index in [-0.39, 0.29) is 25.0 Å². The Balaban J connectivity index is 2.74. The van der Waals surface area contributed by atoms with Crippen LogP contribution in [0.2, 0.25) is 0 Å². The number of rotatable bonds is 5. The van der Waals surface area contributed by atoms with Crippen molar-refractivity contribution in [2.24, 2.45) is 0 Å². The van der Waals surface area contributed by atoms with E-state index in [1.807, 2.05) is 13.8 Å². The minimum atomic E-state index is -0.349. The lowest BCUT2D eigenvalue weighted by atomic mass is 10.1. The molecule has 0 bridgehead atoms. The van der Waals surface area contributed by atoms with Gasteiger partial charge in [0.25, 0.3) is 5.91 Å². The van der Waals surface area contributed by atoms with Crippen LogP contribution in [0.5, 0.6) is 0 Å². The second-order valence-electron chi connectivity index (χ2n) is 4.25. The summed E-state index contributed by atoms with van der Waals surface area (Å²) in [7, 11) is 0. The van der Waals surface area contributed by atoms with Gasteiger partial charge in [0.2, 0.25) is 5.91 Å². The summed E-state index contributed by atoms with van der Waals surface area (Å²) in [6, 6.07) is 6.83. The average Bonchev–Trinajstić information content (AvgIpc) is 2.52. The fraction of sp³-hybridized carbons (Fsp3) is 0.375. The number of nitrogens with zero attached hydrogens (tertiary/aromatic N) is 1. The molecular weight excluding hydrogens is 268 g/mol. The summed E-state index contributed by atoms with van der Waals surface area (Å²) >= 11 is 0. The van der Waals surface area contributed by atoms with Crippen LogP contribution in [0.4, 0.5) is 0 Å². The van der Waals surface area contributed by atoms with Crippen LogP contribution in [0.25, 0.3) is 0 Å². The Morgan fingerprint density at radius 1 is 1.24 bits per heavy atom. The standard InChI is InChI=1S/C16H20N2O3/c1-3-18(4-2)15(20)12-17-16(21)14-10-6-5-8-13(14)9-7-11-19/h5-6,8,10,19H,3-4,11-12H2,1-2H3,(H,17,21). The molecule has 1 aromatic rings. The highest BCUT2D eigenvalue weighted by atomic mass is 16.2. The Morgan fingerprint density at radius 3 is 2.52 bits per heavy atom. The number of amides is 2. The number of nitrogens with one attached hydrogen (secondary N) is 1. The molecule has 0 aliphatic rings. The van der Waals surface area contributed by atoms with Gasteiger partial charge < -0.3 is 15.3 Å². The first kappa shape index (κ1) is 16.7. The first-order valence-corrected chi connectivity index (χ1v) is 6.88. The number of hydrogen-bond acceptors (Lipinski definition) is 3. The summed E-state index contributed by atoms with van der Waals surface area (Å²) in [5, 5.41) is 11.3. The maximum Gasteiger partial charge on any atom is 0.252 e. The van der Waals surface area contributed by atoms with Gasteiger partial charge in [-0.05, 0) is 26.0 Å². The zero-order chi connectivity index (χ0) is 15.7. The van der Waals surface area contributed by atoms with Crippen LogP contribution in [0, 0.1) is 11.8 Å². The van der Waals surface area contributed by atoms with E-state index in [2.05, 4.69) is 17.2 Å². The Labute approximate surface area is 125 Å². The largest absolute Gasteiger partial charge is 0.384 e. The fourth-order valence-electron chi connectivity index (χ4n) is 1.86. The predicted molar refractivity (Wildman–Crippen MR) is 80.7 cm³/mol. The monoisotopic (exact) mass is 288 g/mol. The van der Waals surface area contributed by atoms with E-state index in [1.54, 1.807) is 29.2 Å². The van der Waals surface area contributed by atoms with Gasteiger partial charge in [-0.15, -0.1) is 0 Å². The van der Waals surface area contributed by atoms with Crippen LogP contribution >= 0.6 is 0 Å². The van der Waals surface area contributed by atoms with E-state index in [0.29, 0.717) is 24.2 Å². The van der Waals surface area contributed by atoms with E-state index in [0.717, 1.165) is 0 Å². The lowest BCUT2D eigenvalue weighted by molar-refractivity contribution is -0.129. The van der Waals surface area contributed by atoms with Crippen LogP contribution in [-0.2, 0) is 4.79 Å². The van der Waals surface area contributed by atoms with Crippen molar-refractivity contribution >= 4 is 11.8 Å². The van der Waals surface area contributed by atoms with Crippen molar-refractivity contribution in [2.75, 3.05) is 26.2 Å². The molecule has 1 aromatic carbocycles. The van der Waals surface area contributed by atoms with Gasteiger partial charge in [-0.25, -0.2) is 0 Å². The molecule has 5 nitrogen and oxygen atoms in total. The molecule has 21 heavy (non-hydrogen) atoms. The van der Waals surface area contributed by atoms with E-state index < -0.39 is 0 Å². The number of aliphatic hydroxyl groups is 1. The summed E-state index contributed by atoms with van der Waals surface area (Å²) < 4.78 is 0. The highest BCUT2D eigenvalue weighted by Gasteiger charge is 2.13. The number of aliphatic hydroxyl groups excluding tert-OH is 1. The van der Waals surface area contributed by atoms with Crippen molar-refractivity contribution in [3.05, 3.63) is 35.4 Å². The molecule has 0 saturated heterocycles. The average molecular weight is 288 g/mol. The Kier molecular flexibility index (Phi) is 6.99. The summed E-state index contributed by atoms with van der Waals surface area (Å²) in [6.07, 6.45) is 0. The first-order valence-electron chi connectivity index (χ1n) is 6.88. The van der Waals surface area contributed by atoms with Crippen molar-refractivity contribution in [1.29, 1.82) is 0 Å². The highest BCUT2D eigenvalue weighted by Crippen LogP contribution is 2.07. The summed E-state index contributed by atoms with van der Waals surface area (Å²) in [5.74, 6) is 4.76. The second-order valence-corrected chi connectivity index (χ2v) is 4.25. The number of carbonyl (C=O) groups excluding carboxylic acids is 2. The fourth-order valence-corrected chi connectivity index (χ4v) is 1.86. The summed E-state index contributed by atoms with van der Waals surface area (Å²) in [4.78, 5) is 25.6. The molecule has 0 aromatic heterocycles. The van der Waals surface area contributed by atoms with E-state index in [9.17, 15) is 9.59 Å². The lowest BCUT2D eigenvalue weighted by Crippen LogP contribution is -2.40. The Morgan fingerprint density at radius 2 is 1.90 bits per heavy atom. The van der Waals surface area contributed by atoms with Gasteiger partial charge in [-0.1, -0.05) is 24.0 Å². The van der Waals surface area contributed by atoms with Gasteiger partial charge in [0.1, 0.15) is 6.61 Å². The van der Waals surface area contributed by atoms with Crippen LogP contribution in [0.1, 0.15) is 29.8 Å². The van der Waals surface area contributed by atoms with Crippen molar-refractivity contribution in [3.8, 4) is 11.8 Å². The molecular formula is C16H20N2O3. The molecule has 0 radical (unpaired) electrons. The van der Waals surface area contributed by atoms with Crippen molar-refractivity contribution in [3.63, 3.8) is 0 Å². The first-order chi connectivity index (χ1) is 10.1. The SMILES string of the molecule is CCN(CC)C(=O)CNC(=O)c1ccccc1C#CCO. The maximum absolute atomic E-state index is 12.1. The Bertz CT molecular complexity index is 554. The van der Waals surface area contributed by atoms with E-state index in [4.69, 9.17) is 5.11 Å². The van der Waals surface area contributed by atoms with Gasteiger partial charge in [-0.2, -0.15) is 0 Å². The molecule has 0 spiro atoms.